The minimum absolute atomic E-state index is 0.0650. The molecule has 0 saturated heterocycles. The molecule has 0 amide bonds. The molecule has 0 rings (SSSR count). The van der Waals surface area contributed by atoms with Gasteiger partial charge in [-0.15, -0.1) is 0 Å². The maximum absolute atomic E-state index is 12.3. The number of allylic oxidation sites excluding steroid dienone is 1. The lowest BCUT2D eigenvalue weighted by atomic mass is 10.0. The standard InChI is InChI=1S/C21H32O6/c1-7-11-12-16(8-2)14-26-20(23)15(5)13-17(21(24)25-6)18(9-3)27-19(22)10-4/h10,16H,4-5,7-9,11-14H2,1-3,6H3/b18-17-. The van der Waals surface area contributed by atoms with Gasteiger partial charge < -0.3 is 14.2 Å². The van der Waals surface area contributed by atoms with E-state index in [1.54, 1.807) is 6.92 Å². The van der Waals surface area contributed by atoms with Crippen molar-refractivity contribution in [3.8, 4) is 0 Å². The molecule has 0 heterocycles. The SMILES string of the molecule is C=CC(=O)O/C(CC)=C(/CC(=C)C(=O)OCC(CC)CCCC)C(=O)OC. The van der Waals surface area contributed by atoms with Crippen molar-refractivity contribution >= 4 is 17.9 Å². The molecule has 0 spiro atoms. The topological polar surface area (TPSA) is 78.9 Å². The fourth-order valence-corrected chi connectivity index (χ4v) is 2.40. The van der Waals surface area contributed by atoms with E-state index < -0.39 is 17.9 Å². The van der Waals surface area contributed by atoms with E-state index in [-0.39, 0.29) is 29.7 Å². The first-order chi connectivity index (χ1) is 12.8. The molecular weight excluding hydrogens is 348 g/mol. The number of rotatable bonds is 13. The fourth-order valence-electron chi connectivity index (χ4n) is 2.40. The quantitative estimate of drug-likeness (QED) is 0.206. The largest absolute Gasteiger partial charge is 0.466 e. The summed E-state index contributed by atoms with van der Waals surface area (Å²) in [6, 6.07) is 0. The van der Waals surface area contributed by atoms with Crippen molar-refractivity contribution in [2.45, 2.75) is 59.3 Å². The zero-order valence-corrected chi connectivity index (χ0v) is 17.0. The van der Waals surface area contributed by atoms with E-state index in [0.29, 0.717) is 12.5 Å². The Kier molecular flexibility index (Phi) is 12.6. The number of hydrogen-bond donors (Lipinski definition) is 0. The van der Waals surface area contributed by atoms with Gasteiger partial charge in [0.05, 0.1) is 19.3 Å². The number of unbranched alkanes of at least 4 members (excludes halogenated alkanes) is 1. The number of carbonyl (C=O) groups excluding carboxylic acids is 3. The minimum atomic E-state index is -0.692. The second-order valence-corrected chi connectivity index (χ2v) is 6.17. The zero-order valence-electron chi connectivity index (χ0n) is 17.0. The summed E-state index contributed by atoms with van der Waals surface area (Å²) in [4.78, 5) is 35.8. The second-order valence-electron chi connectivity index (χ2n) is 6.17. The van der Waals surface area contributed by atoms with Crippen LogP contribution in [0.1, 0.15) is 59.3 Å². The van der Waals surface area contributed by atoms with Crippen LogP contribution in [-0.4, -0.2) is 31.6 Å². The average molecular weight is 380 g/mol. The van der Waals surface area contributed by atoms with Gasteiger partial charge in [0.1, 0.15) is 5.76 Å². The van der Waals surface area contributed by atoms with Crippen molar-refractivity contribution in [3.63, 3.8) is 0 Å². The van der Waals surface area contributed by atoms with E-state index >= 15 is 0 Å². The molecule has 0 N–H and O–H groups in total. The predicted octanol–water partition coefficient (Wildman–Crippen LogP) is 4.26. The molecule has 0 aliphatic heterocycles. The molecule has 152 valence electrons. The summed E-state index contributed by atoms with van der Waals surface area (Å²) in [7, 11) is 1.21. The van der Waals surface area contributed by atoms with Crippen LogP contribution in [0.2, 0.25) is 0 Å². The third kappa shape index (κ3) is 9.22. The van der Waals surface area contributed by atoms with Gasteiger partial charge >= 0.3 is 17.9 Å². The molecular formula is C21H32O6. The number of methoxy groups -OCH3 is 1. The lowest BCUT2D eigenvalue weighted by Crippen LogP contribution is -2.18. The van der Waals surface area contributed by atoms with Crippen molar-refractivity contribution < 1.29 is 28.6 Å². The van der Waals surface area contributed by atoms with Crippen LogP contribution in [0.5, 0.6) is 0 Å². The van der Waals surface area contributed by atoms with E-state index in [1.807, 2.05) is 0 Å². The highest BCUT2D eigenvalue weighted by Gasteiger charge is 2.22. The van der Waals surface area contributed by atoms with Crippen LogP contribution in [0, 0.1) is 5.92 Å². The van der Waals surface area contributed by atoms with Crippen molar-refractivity contribution in [3.05, 3.63) is 36.1 Å². The normalized spacial score (nSPS) is 12.4. The van der Waals surface area contributed by atoms with Gasteiger partial charge in [0.25, 0.3) is 0 Å². The highest BCUT2D eigenvalue weighted by molar-refractivity contribution is 5.95. The molecule has 0 aliphatic rings. The molecule has 6 nitrogen and oxygen atoms in total. The molecule has 0 saturated carbocycles. The zero-order chi connectivity index (χ0) is 20.8. The Labute approximate surface area is 162 Å². The molecule has 27 heavy (non-hydrogen) atoms. The Hall–Kier alpha value is -2.37. The molecule has 0 aliphatic carbocycles. The summed E-state index contributed by atoms with van der Waals surface area (Å²) >= 11 is 0. The first kappa shape index (κ1) is 24.6. The number of carbonyl (C=O) groups is 3. The molecule has 0 aromatic rings. The molecule has 0 fully saturated rings. The lowest BCUT2D eigenvalue weighted by molar-refractivity contribution is -0.140. The monoisotopic (exact) mass is 380 g/mol. The Morgan fingerprint density at radius 2 is 1.78 bits per heavy atom. The molecule has 0 bridgehead atoms. The van der Waals surface area contributed by atoms with Crippen LogP contribution in [0.3, 0.4) is 0 Å². The number of esters is 3. The maximum Gasteiger partial charge on any atom is 0.337 e. The summed E-state index contributed by atoms with van der Waals surface area (Å²) in [5.74, 6) is -1.53. The smallest absolute Gasteiger partial charge is 0.337 e. The first-order valence-corrected chi connectivity index (χ1v) is 9.33. The van der Waals surface area contributed by atoms with Gasteiger partial charge in [-0.2, -0.15) is 0 Å². The van der Waals surface area contributed by atoms with Crippen molar-refractivity contribution in [2.24, 2.45) is 5.92 Å². The van der Waals surface area contributed by atoms with Gasteiger partial charge in [0.15, 0.2) is 0 Å². The van der Waals surface area contributed by atoms with Gasteiger partial charge in [0, 0.05) is 24.5 Å². The van der Waals surface area contributed by atoms with Crippen molar-refractivity contribution in [2.75, 3.05) is 13.7 Å². The molecule has 1 unspecified atom stereocenters. The van der Waals surface area contributed by atoms with E-state index in [9.17, 15) is 14.4 Å². The van der Waals surface area contributed by atoms with Crippen molar-refractivity contribution in [1.29, 1.82) is 0 Å². The van der Waals surface area contributed by atoms with Gasteiger partial charge in [-0.3, -0.25) is 0 Å². The van der Waals surface area contributed by atoms with Crippen LogP contribution >= 0.6 is 0 Å². The molecule has 0 radical (unpaired) electrons. The first-order valence-electron chi connectivity index (χ1n) is 9.33. The summed E-state index contributed by atoms with van der Waals surface area (Å²) in [5.41, 5.74) is 0.163. The fraction of sp³-hybridized carbons (Fsp3) is 0.571. The van der Waals surface area contributed by atoms with Crippen molar-refractivity contribution in [1.82, 2.24) is 0 Å². The third-order valence-electron chi connectivity index (χ3n) is 4.15. The summed E-state index contributed by atoms with van der Waals surface area (Å²) < 4.78 is 15.2. The Balaban J connectivity index is 5.12. The second kappa shape index (κ2) is 13.8. The lowest BCUT2D eigenvalue weighted by Gasteiger charge is -2.16. The summed E-state index contributed by atoms with van der Waals surface area (Å²) in [6.45, 7) is 13.3. The Bertz CT molecular complexity index is 573. The van der Waals surface area contributed by atoms with E-state index in [0.717, 1.165) is 31.8 Å². The van der Waals surface area contributed by atoms with E-state index in [1.165, 1.54) is 7.11 Å². The maximum atomic E-state index is 12.3. The van der Waals surface area contributed by atoms with Gasteiger partial charge in [-0.05, 0) is 12.3 Å². The van der Waals surface area contributed by atoms with Crippen LogP contribution in [-0.2, 0) is 28.6 Å². The molecule has 0 aromatic carbocycles. The molecule has 0 aromatic heterocycles. The highest BCUT2D eigenvalue weighted by atomic mass is 16.5. The van der Waals surface area contributed by atoms with Crippen LogP contribution in [0.4, 0.5) is 0 Å². The predicted molar refractivity (Wildman–Crippen MR) is 104 cm³/mol. The number of hydrogen-bond acceptors (Lipinski definition) is 6. The minimum Gasteiger partial charge on any atom is -0.466 e. The van der Waals surface area contributed by atoms with Crippen LogP contribution < -0.4 is 0 Å². The summed E-state index contributed by atoms with van der Waals surface area (Å²) in [6.07, 6.45) is 5.23. The average Bonchev–Trinajstić information content (AvgIpc) is 2.69. The number of ether oxygens (including phenoxy) is 3. The van der Waals surface area contributed by atoms with E-state index in [4.69, 9.17) is 14.2 Å². The highest BCUT2D eigenvalue weighted by Crippen LogP contribution is 2.21. The van der Waals surface area contributed by atoms with Gasteiger partial charge in [-0.25, -0.2) is 14.4 Å². The van der Waals surface area contributed by atoms with Gasteiger partial charge in [0.2, 0.25) is 0 Å². The van der Waals surface area contributed by atoms with Gasteiger partial charge in [-0.1, -0.05) is 53.2 Å². The van der Waals surface area contributed by atoms with E-state index in [2.05, 4.69) is 27.0 Å². The van der Waals surface area contributed by atoms with Crippen LogP contribution in [0.25, 0.3) is 0 Å². The van der Waals surface area contributed by atoms with Crippen LogP contribution in [0.15, 0.2) is 36.1 Å². The summed E-state index contributed by atoms with van der Waals surface area (Å²) in [5, 5.41) is 0. The molecule has 6 heteroatoms. The Morgan fingerprint density at radius 1 is 1.11 bits per heavy atom. The molecule has 1 atom stereocenters. The third-order valence-corrected chi connectivity index (χ3v) is 4.15. The Morgan fingerprint density at radius 3 is 2.26 bits per heavy atom.